The van der Waals surface area contributed by atoms with Crippen molar-refractivity contribution in [1.29, 1.82) is 0 Å². The highest BCUT2D eigenvalue weighted by Gasteiger charge is 2.13. The lowest BCUT2D eigenvalue weighted by Gasteiger charge is -2.05. The van der Waals surface area contributed by atoms with Crippen molar-refractivity contribution in [3.63, 3.8) is 0 Å². The molecule has 0 saturated carbocycles. The van der Waals surface area contributed by atoms with Gasteiger partial charge in [0.1, 0.15) is 0 Å². The Morgan fingerprint density at radius 2 is 1.62 bits per heavy atom. The van der Waals surface area contributed by atoms with E-state index in [0.717, 1.165) is 10.5 Å². The summed E-state index contributed by atoms with van der Waals surface area (Å²) < 4.78 is 28.9. The largest absolute Gasteiger partial charge is 0.288 e. The maximum absolute atomic E-state index is 12.4. The molecule has 2 rings (SSSR count). The van der Waals surface area contributed by atoms with Gasteiger partial charge in [-0.25, -0.2) is 0 Å². The van der Waals surface area contributed by atoms with Gasteiger partial charge in [0.2, 0.25) is 0 Å². The molecule has 0 aliphatic carbocycles. The molecule has 0 amide bonds. The van der Waals surface area contributed by atoms with Crippen LogP contribution in [0.4, 0.5) is 0 Å². The van der Waals surface area contributed by atoms with Gasteiger partial charge in [0.05, 0.1) is 4.90 Å². The van der Waals surface area contributed by atoms with Crippen LogP contribution in [0.3, 0.4) is 0 Å². The smallest absolute Gasteiger partial charge is 0.199 e. The van der Waals surface area contributed by atoms with E-state index in [2.05, 4.69) is 3.77 Å². The van der Waals surface area contributed by atoms with Crippen LogP contribution in [0, 0.1) is 6.92 Å². The van der Waals surface area contributed by atoms with Crippen molar-refractivity contribution in [2.75, 3.05) is 0 Å². The van der Waals surface area contributed by atoms with Gasteiger partial charge in [0, 0.05) is 4.90 Å². The average molecular weight is 319 g/mol. The molecule has 0 saturated heterocycles. The zero-order chi connectivity index (χ0) is 15.3. The van der Waals surface area contributed by atoms with Gasteiger partial charge in [-0.2, -0.15) is 8.42 Å². The molecule has 0 spiro atoms. The molecule has 3 nitrogen and oxygen atoms in total. The summed E-state index contributed by atoms with van der Waals surface area (Å²) in [7, 11) is -4.47. The number of hydrogen-bond donors (Lipinski definition) is 0. The Balaban J connectivity index is 2.49. The van der Waals surface area contributed by atoms with Crippen molar-refractivity contribution in [2.24, 2.45) is 3.77 Å². The van der Waals surface area contributed by atoms with Crippen LogP contribution >= 0.6 is 0 Å². The molecule has 21 heavy (non-hydrogen) atoms. The predicted octanol–water partition coefficient (Wildman–Crippen LogP) is 4.08. The van der Waals surface area contributed by atoms with Crippen LogP contribution in [0.25, 0.3) is 0 Å². The van der Waals surface area contributed by atoms with Gasteiger partial charge in [-0.05, 0) is 54.2 Å². The summed E-state index contributed by atoms with van der Waals surface area (Å²) in [6.07, 6.45) is 1.82. The third-order valence-electron chi connectivity index (χ3n) is 2.75. The van der Waals surface area contributed by atoms with E-state index in [1.54, 1.807) is 29.7 Å². The maximum atomic E-state index is 12.4. The van der Waals surface area contributed by atoms with Crippen molar-refractivity contribution in [1.82, 2.24) is 0 Å². The van der Waals surface area contributed by atoms with Gasteiger partial charge in [0.25, 0.3) is 10.0 Å². The number of allylic oxidation sites excluding steroid dienone is 1. The first kappa shape index (κ1) is 15.7. The second-order valence-corrected chi connectivity index (χ2v) is 7.85. The minimum Gasteiger partial charge on any atom is -0.199 e. The van der Waals surface area contributed by atoms with Crippen molar-refractivity contribution in [3.05, 3.63) is 71.6 Å². The fraction of sp³-hybridized carbons (Fsp3) is 0.125. The van der Waals surface area contributed by atoms with Gasteiger partial charge in [-0.15, -0.1) is 3.77 Å². The quantitative estimate of drug-likeness (QED) is 0.852. The lowest BCUT2D eigenvalue weighted by Crippen LogP contribution is -1.99. The van der Waals surface area contributed by atoms with Crippen LogP contribution < -0.4 is 0 Å². The Bertz CT molecular complexity index is 762. The van der Waals surface area contributed by atoms with Gasteiger partial charge in [0.15, 0.2) is 0 Å². The fourth-order valence-electron chi connectivity index (χ4n) is 1.69. The van der Waals surface area contributed by atoms with Crippen LogP contribution in [-0.2, 0) is 20.7 Å². The molecule has 5 heteroatoms. The zero-order valence-electron chi connectivity index (χ0n) is 11.9. The van der Waals surface area contributed by atoms with E-state index < -0.39 is 20.7 Å². The second kappa shape index (κ2) is 6.83. The van der Waals surface area contributed by atoms with Crippen molar-refractivity contribution in [3.8, 4) is 0 Å². The minimum atomic E-state index is -3.66. The number of aryl methyl sites for hydroxylation is 1. The molecule has 0 bridgehead atoms. The molecule has 0 radical (unpaired) electrons. The summed E-state index contributed by atoms with van der Waals surface area (Å²) >= 11 is 0. The Morgan fingerprint density at radius 3 is 2.19 bits per heavy atom. The van der Waals surface area contributed by atoms with E-state index in [4.69, 9.17) is 0 Å². The number of hydrogen-bond acceptors (Lipinski definition) is 2. The number of rotatable bonds is 4. The topological polar surface area (TPSA) is 46.5 Å². The Morgan fingerprint density at radius 1 is 1.00 bits per heavy atom. The minimum absolute atomic E-state index is 0.228. The summed E-state index contributed by atoms with van der Waals surface area (Å²) in [6, 6.07) is 16.2. The van der Waals surface area contributed by atoms with Gasteiger partial charge in [-0.3, -0.25) is 0 Å². The van der Waals surface area contributed by atoms with Gasteiger partial charge in [-0.1, -0.05) is 42.0 Å². The molecule has 0 heterocycles. The molecule has 110 valence electrons. The molecule has 0 aliphatic rings. The summed E-state index contributed by atoms with van der Waals surface area (Å²) in [5.41, 5.74) is 1.02. The molecule has 0 aromatic heterocycles. The van der Waals surface area contributed by atoms with Gasteiger partial charge >= 0.3 is 0 Å². The van der Waals surface area contributed by atoms with Crippen LogP contribution in [0.1, 0.15) is 12.5 Å². The number of nitrogens with zero attached hydrogens (tertiary/aromatic N) is 1. The number of sulfonamides is 1. The first-order chi connectivity index (χ1) is 10.0. The highest BCUT2D eigenvalue weighted by molar-refractivity contribution is 8.01. The van der Waals surface area contributed by atoms with Crippen molar-refractivity contribution < 1.29 is 8.42 Å². The molecule has 0 aliphatic heterocycles. The average Bonchev–Trinajstić information content (AvgIpc) is 2.48. The van der Waals surface area contributed by atoms with E-state index in [9.17, 15) is 8.42 Å². The first-order valence-corrected chi connectivity index (χ1v) is 9.17. The normalized spacial score (nSPS) is 13.6. The lowest BCUT2D eigenvalue weighted by molar-refractivity contribution is 0.598. The number of benzene rings is 2. The van der Waals surface area contributed by atoms with Crippen LogP contribution in [0.2, 0.25) is 0 Å². The summed E-state index contributed by atoms with van der Waals surface area (Å²) in [5, 5.41) is 1.81. The molecule has 2 aromatic rings. The predicted molar refractivity (Wildman–Crippen MR) is 87.7 cm³/mol. The molecule has 0 unspecified atom stereocenters. The third-order valence-corrected chi connectivity index (χ3v) is 6.33. The van der Waals surface area contributed by atoms with Crippen molar-refractivity contribution in [2.45, 2.75) is 23.6 Å². The zero-order valence-corrected chi connectivity index (χ0v) is 13.6. The Labute approximate surface area is 128 Å². The Hall–Kier alpha value is -1.72. The standard InChI is InChI=1S/C16H17NO2S2/c1-3-13-20(15-7-5-4-6-8-15)17-21(18,19)16-11-9-14(2)10-12-16/h3-13H,1-2H3/b13-3-/t20-/m1/s1. The third kappa shape index (κ3) is 4.12. The van der Waals surface area contributed by atoms with E-state index in [-0.39, 0.29) is 4.90 Å². The van der Waals surface area contributed by atoms with Crippen LogP contribution in [0.5, 0.6) is 0 Å². The second-order valence-electron chi connectivity index (χ2n) is 4.46. The SMILES string of the molecule is C/C=C\[S@@](=NS(=O)(=O)c1ccc(C)cc1)c1ccccc1. The molecular weight excluding hydrogens is 302 g/mol. The fourth-order valence-corrected chi connectivity index (χ4v) is 4.76. The lowest BCUT2D eigenvalue weighted by atomic mass is 10.2. The summed E-state index contributed by atoms with van der Waals surface area (Å²) in [5.74, 6) is 0. The van der Waals surface area contributed by atoms with E-state index in [1.165, 1.54) is 0 Å². The molecule has 1 atom stereocenters. The maximum Gasteiger partial charge on any atom is 0.288 e. The van der Waals surface area contributed by atoms with Crippen LogP contribution in [0.15, 0.2) is 79.6 Å². The summed E-state index contributed by atoms with van der Waals surface area (Å²) in [6.45, 7) is 3.78. The van der Waals surface area contributed by atoms with E-state index >= 15 is 0 Å². The van der Waals surface area contributed by atoms with E-state index in [1.807, 2.05) is 50.3 Å². The highest BCUT2D eigenvalue weighted by Crippen LogP contribution is 2.18. The molecule has 0 N–H and O–H groups in total. The van der Waals surface area contributed by atoms with Crippen molar-refractivity contribution >= 4 is 20.7 Å². The Kier molecular flexibility index (Phi) is 5.09. The highest BCUT2D eigenvalue weighted by atomic mass is 32.3. The van der Waals surface area contributed by atoms with Crippen LogP contribution in [-0.4, -0.2) is 8.42 Å². The van der Waals surface area contributed by atoms with Gasteiger partial charge < -0.3 is 0 Å². The monoisotopic (exact) mass is 319 g/mol. The molecular formula is C16H17NO2S2. The molecule has 0 fully saturated rings. The van der Waals surface area contributed by atoms with E-state index in [0.29, 0.717) is 0 Å². The first-order valence-electron chi connectivity index (χ1n) is 6.49. The molecule has 2 aromatic carbocycles. The summed E-state index contributed by atoms with van der Waals surface area (Å²) in [4.78, 5) is 1.11.